The Bertz CT molecular complexity index is 1460. The van der Waals surface area contributed by atoms with E-state index in [0.717, 1.165) is 18.2 Å². The van der Waals surface area contributed by atoms with Crippen molar-refractivity contribution in [1.29, 1.82) is 5.26 Å². The number of hydrogen-bond acceptors (Lipinski definition) is 5. The van der Waals surface area contributed by atoms with Gasteiger partial charge in [0.15, 0.2) is 0 Å². The Morgan fingerprint density at radius 3 is 2.21 bits per heavy atom. The van der Waals surface area contributed by atoms with E-state index in [1.54, 1.807) is 13.8 Å². The molecule has 2 heterocycles. The molecule has 2 aromatic carbocycles. The lowest BCUT2D eigenvalue weighted by atomic mass is 9.98. The van der Waals surface area contributed by atoms with Crippen LogP contribution in [0.4, 0.5) is 32.0 Å². The first kappa shape index (κ1) is 27.5. The molecule has 0 unspecified atom stereocenters. The highest BCUT2D eigenvalue weighted by Gasteiger charge is 2.39. The molecule has 1 atom stereocenters. The average Bonchev–Trinajstić information content (AvgIpc) is 3.18. The van der Waals surface area contributed by atoms with Crippen molar-refractivity contribution >= 4 is 11.6 Å². The number of alkyl halides is 6. The summed E-state index contributed by atoms with van der Waals surface area (Å²) in [5.74, 6) is -1.08. The molecule has 0 fully saturated rings. The first-order chi connectivity index (χ1) is 18.2. The van der Waals surface area contributed by atoms with Gasteiger partial charge in [-0.05, 0) is 74.0 Å². The fourth-order valence-corrected chi connectivity index (χ4v) is 4.11. The predicted molar refractivity (Wildman–Crippen MR) is 128 cm³/mol. The number of nitrogens with zero attached hydrogens (tertiary/aromatic N) is 3. The van der Waals surface area contributed by atoms with Crippen molar-refractivity contribution < 1.29 is 35.9 Å². The van der Waals surface area contributed by atoms with Gasteiger partial charge in [0.1, 0.15) is 11.4 Å². The maximum Gasteiger partial charge on any atom is 0.573 e. The van der Waals surface area contributed by atoms with Crippen LogP contribution in [0.2, 0.25) is 0 Å². The van der Waals surface area contributed by atoms with E-state index in [0.29, 0.717) is 11.3 Å². The second kappa shape index (κ2) is 9.98. The zero-order chi connectivity index (χ0) is 28.6. The zero-order valence-corrected chi connectivity index (χ0v) is 20.4. The number of benzene rings is 2. The molecule has 1 N–H and O–H groups in total. The second-order valence-electron chi connectivity index (χ2n) is 9.14. The summed E-state index contributed by atoms with van der Waals surface area (Å²) in [6.07, 6.45) is -8.14. The smallest absolute Gasteiger partial charge is 0.406 e. The molecule has 202 valence electrons. The van der Waals surface area contributed by atoms with Crippen LogP contribution in [0.3, 0.4) is 0 Å². The normalized spacial score (nSPS) is 16.1. The Morgan fingerprint density at radius 2 is 1.59 bits per heavy atom. The minimum absolute atomic E-state index is 0.00397. The highest BCUT2D eigenvalue weighted by molar-refractivity contribution is 6.09. The monoisotopic (exact) mass is 546 g/mol. The van der Waals surface area contributed by atoms with Crippen LogP contribution in [0.5, 0.6) is 5.75 Å². The molecule has 3 aromatic rings. The summed E-state index contributed by atoms with van der Waals surface area (Å²) in [6, 6.07) is 15.6. The van der Waals surface area contributed by atoms with Crippen LogP contribution in [0.15, 0.2) is 78.5 Å². The minimum Gasteiger partial charge on any atom is -0.406 e. The van der Waals surface area contributed by atoms with Crippen molar-refractivity contribution in [3.8, 4) is 11.8 Å². The van der Waals surface area contributed by atoms with Crippen molar-refractivity contribution in [2.45, 2.75) is 38.0 Å². The number of rotatable bonds is 6. The molecule has 1 aliphatic heterocycles. The lowest BCUT2D eigenvalue weighted by Gasteiger charge is -2.29. The standard InChI is InChI=1S/C27H20F6N4O2/c1-25(2,22-7-4-8-23(35-22)26(28,29)30)36-20-14-21(17-5-3-6-19(13-17)39-27(31,32)33)37(24(20)38)18-11-9-16(15-34)10-12-18/h3-14,21,36H,1-2H3/t21-/m1/s1. The molecular formula is C27H20F6N4O2. The van der Waals surface area contributed by atoms with Crippen LogP contribution in [-0.4, -0.2) is 17.3 Å². The molecule has 0 bridgehead atoms. The van der Waals surface area contributed by atoms with E-state index in [9.17, 15) is 31.1 Å². The van der Waals surface area contributed by atoms with Crippen LogP contribution < -0.4 is 15.0 Å². The lowest BCUT2D eigenvalue weighted by molar-refractivity contribution is -0.274. The van der Waals surface area contributed by atoms with Crippen molar-refractivity contribution in [3.63, 3.8) is 0 Å². The fourth-order valence-electron chi connectivity index (χ4n) is 4.11. The molecule has 0 saturated carbocycles. The Balaban J connectivity index is 1.74. The molecule has 12 heteroatoms. The first-order valence-electron chi connectivity index (χ1n) is 11.4. The number of anilines is 1. The van der Waals surface area contributed by atoms with E-state index in [4.69, 9.17) is 5.26 Å². The Kier molecular flexibility index (Phi) is 7.04. The van der Waals surface area contributed by atoms with Crippen LogP contribution in [0.25, 0.3) is 0 Å². The van der Waals surface area contributed by atoms with E-state index in [-0.39, 0.29) is 17.0 Å². The summed E-state index contributed by atoms with van der Waals surface area (Å²) in [5, 5.41) is 12.1. The number of ether oxygens (including phenoxy) is 1. The number of aromatic nitrogens is 1. The number of nitrogens with one attached hydrogen (secondary N) is 1. The molecule has 6 nitrogen and oxygen atoms in total. The molecule has 39 heavy (non-hydrogen) atoms. The number of carbonyl (C=O) groups excluding carboxylic acids is 1. The maximum absolute atomic E-state index is 13.6. The minimum atomic E-state index is -4.93. The third kappa shape index (κ3) is 6.14. The van der Waals surface area contributed by atoms with Crippen molar-refractivity contribution in [2.75, 3.05) is 4.90 Å². The first-order valence-corrected chi connectivity index (χ1v) is 11.4. The second-order valence-corrected chi connectivity index (χ2v) is 9.14. The summed E-state index contributed by atoms with van der Waals surface area (Å²) in [7, 11) is 0. The number of halogens is 6. The Labute approximate surface area is 219 Å². The van der Waals surface area contributed by atoms with E-state index in [1.807, 2.05) is 6.07 Å². The lowest BCUT2D eigenvalue weighted by Crippen LogP contribution is -2.41. The number of pyridine rings is 1. The molecule has 0 saturated heterocycles. The fraction of sp³-hybridized carbons (Fsp3) is 0.222. The van der Waals surface area contributed by atoms with Gasteiger partial charge in [-0.3, -0.25) is 9.69 Å². The summed E-state index contributed by atoms with van der Waals surface area (Å²) < 4.78 is 82.2. The van der Waals surface area contributed by atoms with Gasteiger partial charge in [-0.1, -0.05) is 18.2 Å². The molecule has 4 rings (SSSR count). The maximum atomic E-state index is 13.6. The van der Waals surface area contributed by atoms with Crippen molar-refractivity contribution in [1.82, 2.24) is 10.3 Å². The Hall–Kier alpha value is -4.53. The van der Waals surface area contributed by atoms with Gasteiger partial charge in [0, 0.05) is 5.69 Å². The van der Waals surface area contributed by atoms with Gasteiger partial charge in [-0.2, -0.15) is 18.4 Å². The summed E-state index contributed by atoms with van der Waals surface area (Å²) in [6.45, 7) is 3.08. The Morgan fingerprint density at radius 1 is 0.949 bits per heavy atom. The molecule has 1 aromatic heterocycles. The third-order valence-electron chi connectivity index (χ3n) is 5.89. The van der Waals surface area contributed by atoms with Gasteiger partial charge in [0.2, 0.25) is 0 Å². The number of carbonyl (C=O) groups is 1. The SMILES string of the molecule is CC(C)(NC1=C[C@H](c2cccc(OC(F)(F)F)c2)N(c2ccc(C#N)cc2)C1=O)c1cccc(C(F)(F)F)n1. The molecular weight excluding hydrogens is 526 g/mol. The molecule has 0 aliphatic carbocycles. The summed E-state index contributed by atoms with van der Waals surface area (Å²) >= 11 is 0. The van der Waals surface area contributed by atoms with E-state index < -0.39 is 41.5 Å². The summed E-state index contributed by atoms with van der Waals surface area (Å²) in [4.78, 5) is 18.6. The highest BCUT2D eigenvalue weighted by atomic mass is 19.4. The number of nitriles is 1. The quantitative estimate of drug-likeness (QED) is 0.364. The largest absolute Gasteiger partial charge is 0.573 e. The van der Waals surface area contributed by atoms with Gasteiger partial charge in [0.05, 0.1) is 34.6 Å². The van der Waals surface area contributed by atoms with Crippen LogP contribution in [0, 0.1) is 11.3 Å². The van der Waals surface area contributed by atoms with Gasteiger partial charge >= 0.3 is 12.5 Å². The third-order valence-corrected chi connectivity index (χ3v) is 5.89. The van der Waals surface area contributed by atoms with Crippen molar-refractivity contribution in [2.24, 2.45) is 0 Å². The average molecular weight is 546 g/mol. The van der Waals surface area contributed by atoms with Gasteiger partial charge < -0.3 is 10.1 Å². The molecule has 0 spiro atoms. The van der Waals surface area contributed by atoms with Gasteiger partial charge in [0.25, 0.3) is 5.91 Å². The molecule has 1 amide bonds. The molecule has 0 radical (unpaired) electrons. The van der Waals surface area contributed by atoms with Crippen LogP contribution in [0.1, 0.15) is 42.4 Å². The van der Waals surface area contributed by atoms with Gasteiger partial charge in [-0.25, -0.2) is 4.98 Å². The summed E-state index contributed by atoms with van der Waals surface area (Å²) in [5.41, 5.74) is -1.40. The van der Waals surface area contributed by atoms with Crippen molar-refractivity contribution in [3.05, 3.63) is 101 Å². The van der Waals surface area contributed by atoms with Gasteiger partial charge in [-0.15, -0.1) is 13.2 Å². The van der Waals surface area contributed by atoms with E-state index >= 15 is 0 Å². The zero-order valence-electron chi connectivity index (χ0n) is 20.4. The number of amides is 1. The number of hydrogen-bond donors (Lipinski definition) is 1. The van der Waals surface area contributed by atoms with Crippen LogP contribution in [-0.2, 0) is 16.5 Å². The predicted octanol–water partition coefficient (Wildman–Crippen LogP) is 6.37. The highest BCUT2D eigenvalue weighted by Crippen LogP contribution is 2.38. The van der Waals surface area contributed by atoms with E-state index in [1.165, 1.54) is 59.5 Å². The molecule has 1 aliphatic rings. The van der Waals surface area contributed by atoms with E-state index in [2.05, 4.69) is 15.0 Å². The topological polar surface area (TPSA) is 78.2 Å². The van der Waals surface area contributed by atoms with Crippen LogP contribution >= 0.6 is 0 Å².